The summed E-state index contributed by atoms with van der Waals surface area (Å²) in [5.74, 6) is 1.68. The van der Waals surface area contributed by atoms with E-state index in [9.17, 15) is 0 Å². The van der Waals surface area contributed by atoms with E-state index in [2.05, 4.69) is 36.2 Å². The van der Waals surface area contributed by atoms with Gasteiger partial charge in [0.05, 0.1) is 6.61 Å². The number of aryl methyl sites for hydroxylation is 1. The number of hydrogen-bond donors (Lipinski definition) is 0. The highest BCUT2D eigenvalue weighted by Crippen LogP contribution is 2.25. The molecule has 7 nitrogen and oxygen atoms in total. The second-order valence-corrected chi connectivity index (χ2v) is 6.86. The van der Waals surface area contributed by atoms with Crippen molar-refractivity contribution in [3.8, 4) is 0 Å². The van der Waals surface area contributed by atoms with Crippen LogP contribution in [0.1, 0.15) is 24.2 Å². The zero-order chi connectivity index (χ0) is 16.9. The van der Waals surface area contributed by atoms with Crippen LogP contribution in [0.15, 0.2) is 12.4 Å². The molecular weight excluding hydrogens is 324 g/mol. The van der Waals surface area contributed by atoms with Crippen molar-refractivity contribution < 1.29 is 4.74 Å². The molecule has 0 aliphatic carbocycles. The maximum absolute atomic E-state index is 5.08. The first kappa shape index (κ1) is 17.0. The van der Waals surface area contributed by atoms with E-state index < -0.39 is 0 Å². The van der Waals surface area contributed by atoms with Crippen LogP contribution in [0, 0.1) is 6.92 Å². The summed E-state index contributed by atoms with van der Waals surface area (Å²) in [6.07, 6.45) is 6.66. The van der Waals surface area contributed by atoms with E-state index in [-0.39, 0.29) is 0 Å². The van der Waals surface area contributed by atoms with Crippen LogP contribution in [0.3, 0.4) is 0 Å². The fourth-order valence-electron chi connectivity index (χ4n) is 2.84. The Bertz CT molecular complexity index is 638. The van der Waals surface area contributed by atoms with Gasteiger partial charge in [0, 0.05) is 63.6 Å². The summed E-state index contributed by atoms with van der Waals surface area (Å²) >= 11 is 1.49. The van der Waals surface area contributed by atoms with Crippen molar-refractivity contribution in [2.75, 3.05) is 43.7 Å². The van der Waals surface area contributed by atoms with Crippen molar-refractivity contribution in [3.63, 3.8) is 0 Å². The average molecular weight is 348 g/mol. The zero-order valence-corrected chi connectivity index (χ0v) is 15.3. The van der Waals surface area contributed by atoms with E-state index in [1.54, 1.807) is 7.11 Å². The minimum Gasteiger partial charge on any atom is -0.384 e. The molecule has 0 atom stereocenters. The molecule has 1 aliphatic heterocycles. The highest BCUT2D eigenvalue weighted by atomic mass is 32.1. The lowest BCUT2D eigenvalue weighted by Crippen LogP contribution is -2.44. The van der Waals surface area contributed by atoms with Crippen LogP contribution in [0.4, 0.5) is 11.1 Å². The maximum Gasteiger partial charge on any atom is 0.225 e. The highest BCUT2D eigenvalue weighted by molar-refractivity contribution is 7.09. The van der Waals surface area contributed by atoms with Gasteiger partial charge in [0.1, 0.15) is 5.82 Å². The third-order valence-electron chi connectivity index (χ3n) is 4.35. The molecule has 8 heteroatoms. The molecule has 0 unspecified atom stereocenters. The van der Waals surface area contributed by atoms with E-state index in [0.29, 0.717) is 12.6 Å². The summed E-state index contributed by atoms with van der Waals surface area (Å²) in [6.45, 7) is 4.64. The Morgan fingerprint density at radius 2 is 2.00 bits per heavy atom. The summed E-state index contributed by atoms with van der Waals surface area (Å²) in [4.78, 5) is 18.0. The van der Waals surface area contributed by atoms with Crippen molar-refractivity contribution in [2.24, 2.45) is 0 Å². The molecule has 0 bridgehead atoms. The molecule has 0 amide bonds. The summed E-state index contributed by atoms with van der Waals surface area (Å²) < 4.78 is 9.50. The van der Waals surface area contributed by atoms with Gasteiger partial charge in [0.15, 0.2) is 0 Å². The van der Waals surface area contributed by atoms with Gasteiger partial charge in [-0.2, -0.15) is 4.37 Å². The third-order valence-corrected chi connectivity index (χ3v) is 5.17. The van der Waals surface area contributed by atoms with Gasteiger partial charge in [-0.25, -0.2) is 15.0 Å². The number of hydrogen-bond acceptors (Lipinski definition) is 8. The van der Waals surface area contributed by atoms with Gasteiger partial charge in [-0.1, -0.05) is 0 Å². The zero-order valence-electron chi connectivity index (χ0n) is 14.5. The van der Waals surface area contributed by atoms with Crippen LogP contribution in [0.5, 0.6) is 0 Å². The van der Waals surface area contributed by atoms with Crippen LogP contribution in [0.2, 0.25) is 0 Å². The first-order chi connectivity index (χ1) is 11.7. The summed E-state index contributed by atoms with van der Waals surface area (Å²) in [7, 11) is 3.78. The first-order valence-corrected chi connectivity index (χ1v) is 9.02. The summed E-state index contributed by atoms with van der Waals surface area (Å²) in [5.41, 5.74) is 1.09. The number of nitrogens with zero attached hydrogens (tertiary/aromatic N) is 6. The Kier molecular flexibility index (Phi) is 5.57. The van der Waals surface area contributed by atoms with Gasteiger partial charge in [-0.15, -0.1) is 0 Å². The Balaban J connectivity index is 1.55. The standard InChI is InChI=1S/C16H24N6OS/c1-12-10-17-15(18-11-12)21(2)13-4-7-22(8-5-13)16-19-14(20-24-16)6-9-23-3/h10-11,13H,4-9H2,1-3H3. The Hall–Kier alpha value is -1.80. The van der Waals surface area contributed by atoms with Crippen LogP contribution in [-0.4, -0.2) is 59.2 Å². The molecule has 2 aromatic heterocycles. The molecule has 2 aromatic rings. The molecule has 24 heavy (non-hydrogen) atoms. The smallest absolute Gasteiger partial charge is 0.225 e. The largest absolute Gasteiger partial charge is 0.384 e. The van der Waals surface area contributed by atoms with E-state index in [1.165, 1.54) is 11.5 Å². The lowest BCUT2D eigenvalue weighted by atomic mass is 10.0. The number of ether oxygens (including phenoxy) is 1. The van der Waals surface area contributed by atoms with E-state index in [4.69, 9.17) is 4.74 Å². The van der Waals surface area contributed by atoms with E-state index in [0.717, 1.165) is 54.8 Å². The Labute approximate surface area is 146 Å². The fourth-order valence-corrected chi connectivity index (χ4v) is 3.61. The number of methoxy groups -OCH3 is 1. The van der Waals surface area contributed by atoms with E-state index in [1.807, 2.05) is 19.3 Å². The molecule has 3 heterocycles. The Morgan fingerprint density at radius 3 is 2.67 bits per heavy atom. The molecule has 1 fully saturated rings. The minimum atomic E-state index is 0.463. The molecule has 0 radical (unpaired) electrons. The minimum absolute atomic E-state index is 0.463. The van der Waals surface area contributed by atoms with Crippen LogP contribution in [0.25, 0.3) is 0 Å². The van der Waals surface area contributed by atoms with Gasteiger partial charge in [0.25, 0.3) is 0 Å². The quantitative estimate of drug-likeness (QED) is 0.790. The monoisotopic (exact) mass is 348 g/mol. The molecule has 0 saturated carbocycles. The van der Waals surface area contributed by atoms with Crippen LogP contribution < -0.4 is 9.80 Å². The predicted molar refractivity (Wildman–Crippen MR) is 95.9 cm³/mol. The molecule has 0 spiro atoms. The second kappa shape index (κ2) is 7.85. The molecular formula is C16H24N6OS. The number of rotatable bonds is 6. The lowest BCUT2D eigenvalue weighted by molar-refractivity contribution is 0.201. The van der Waals surface area contributed by atoms with Gasteiger partial charge in [-0.3, -0.25) is 0 Å². The van der Waals surface area contributed by atoms with Crippen LogP contribution >= 0.6 is 11.5 Å². The van der Waals surface area contributed by atoms with Crippen molar-refractivity contribution in [1.82, 2.24) is 19.3 Å². The second-order valence-electron chi connectivity index (χ2n) is 6.13. The summed E-state index contributed by atoms with van der Waals surface area (Å²) in [6, 6.07) is 0.463. The SMILES string of the molecule is COCCc1nsc(N2CCC(N(C)c3ncc(C)cn3)CC2)n1. The first-order valence-electron chi connectivity index (χ1n) is 8.25. The molecule has 1 aliphatic rings. The van der Waals surface area contributed by atoms with E-state index >= 15 is 0 Å². The van der Waals surface area contributed by atoms with Crippen molar-refractivity contribution >= 4 is 22.6 Å². The Morgan fingerprint density at radius 1 is 1.29 bits per heavy atom. The van der Waals surface area contributed by atoms with Crippen LogP contribution in [-0.2, 0) is 11.2 Å². The predicted octanol–water partition coefficient (Wildman–Crippen LogP) is 1.93. The highest BCUT2D eigenvalue weighted by Gasteiger charge is 2.25. The van der Waals surface area contributed by atoms with Gasteiger partial charge < -0.3 is 14.5 Å². The lowest BCUT2D eigenvalue weighted by Gasteiger charge is -2.36. The van der Waals surface area contributed by atoms with Crippen molar-refractivity contribution in [2.45, 2.75) is 32.2 Å². The van der Waals surface area contributed by atoms with Crippen molar-refractivity contribution in [1.29, 1.82) is 0 Å². The third kappa shape index (κ3) is 3.99. The number of aromatic nitrogens is 4. The van der Waals surface area contributed by atoms with Gasteiger partial charge >= 0.3 is 0 Å². The molecule has 0 N–H and O–H groups in total. The normalized spacial score (nSPS) is 15.7. The molecule has 3 rings (SSSR count). The maximum atomic E-state index is 5.08. The summed E-state index contributed by atoms with van der Waals surface area (Å²) in [5, 5.41) is 1.02. The van der Waals surface area contributed by atoms with Crippen molar-refractivity contribution in [3.05, 3.63) is 23.8 Å². The number of anilines is 2. The molecule has 0 aromatic carbocycles. The van der Waals surface area contributed by atoms with Gasteiger partial charge in [-0.05, 0) is 25.3 Å². The fraction of sp³-hybridized carbons (Fsp3) is 0.625. The van der Waals surface area contributed by atoms with Gasteiger partial charge in [0.2, 0.25) is 11.1 Å². The average Bonchev–Trinajstić information content (AvgIpc) is 3.09. The molecule has 130 valence electrons. The molecule has 1 saturated heterocycles. The number of piperidine rings is 1. The topological polar surface area (TPSA) is 67.3 Å².